The minimum Gasteiger partial charge on any atom is -0.327 e. The Hall–Kier alpha value is -0.300. The first-order valence-corrected chi connectivity index (χ1v) is 7.70. The van der Waals surface area contributed by atoms with Crippen molar-refractivity contribution in [3.8, 4) is 0 Å². The second kappa shape index (κ2) is 6.58. The lowest BCUT2D eigenvalue weighted by molar-refractivity contribution is 0.325. The maximum atomic E-state index is 5.98. The van der Waals surface area contributed by atoms with Crippen molar-refractivity contribution in [2.45, 2.75) is 64.7 Å². The quantitative estimate of drug-likeness (QED) is 0.726. The molecule has 2 aliphatic rings. The lowest BCUT2D eigenvalue weighted by atomic mass is 9.78. The molecule has 0 bridgehead atoms. The largest absolute Gasteiger partial charge is 0.327 e. The lowest BCUT2D eigenvalue weighted by Gasteiger charge is -2.28. The second-order valence-electron chi connectivity index (χ2n) is 6.30. The van der Waals surface area contributed by atoms with Gasteiger partial charge in [-0.05, 0) is 43.4 Å². The minimum atomic E-state index is 0.802. The maximum absolute atomic E-state index is 5.98. The third-order valence-electron chi connectivity index (χ3n) is 4.88. The summed E-state index contributed by atoms with van der Waals surface area (Å²) >= 11 is 0. The van der Waals surface area contributed by atoms with E-state index in [1.807, 2.05) is 0 Å². The van der Waals surface area contributed by atoms with Crippen LogP contribution >= 0.6 is 0 Å². The molecule has 1 nitrogen and oxygen atoms in total. The van der Waals surface area contributed by atoms with Gasteiger partial charge in [-0.1, -0.05) is 50.7 Å². The molecule has 0 aromatic rings. The van der Waals surface area contributed by atoms with E-state index >= 15 is 0 Å². The van der Waals surface area contributed by atoms with Crippen LogP contribution in [0, 0.1) is 17.8 Å². The average Bonchev–Trinajstić information content (AvgIpc) is 2.39. The van der Waals surface area contributed by atoms with Crippen LogP contribution < -0.4 is 5.73 Å². The molecule has 2 N–H and O–H groups in total. The van der Waals surface area contributed by atoms with Crippen molar-refractivity contribution in [3.63, 3.8) is 0 Å². The first-order valence-electron chi connectivity index (χ1n) is 7.70. The Morgan fingerprint density at radius 2 is 1.65 bits per heavy atom. The van der Waals surface area contributed by atoms with Gasteiger partial charge >= 0.3 is 0 Å². The fourth-order valence-electron chi connectivity index (χ4n) is 3.60. The van der Waals surface area contributed by atoms with E-state index in [0.717, 1.165) is 24.3 Å². The summed E-state index contributed by atoms with van der Waals surface area (Å²) in [7, 11) is 0. The number of hydrogen-bond donors (Lipinski definition) is 1. The number of allylic oxidation sites excluding steroid dienone is 1. The van der Waals surface area contributed by atoms with E-state index in [-0.39, 0.29) is 0 Å². The van der Waals surface area contributed by atoms with Gasteiger partial charge in [-0.2, -0.15) is 0 Å². The Bertz CT molecular complexity index is 242. The minimum absolute atomic E-state index is 0.802. The molecule has 0 atom stereocenters. The van der Waals surface area contributed by atoms with Gasteiger partial charge in [0.1, 0.15) is 0 Å². The normalized spacial score (nSPS) is 32.7. The standard InChI is InChI=1S/C16H29N/c1-13-7-9-14(10-8-13)11-16(12-17)15-5-3-2-4-6-15/h11,13-15H,2-10,12,17H2,1H3. The van der Waals surface area contributed by atoms with Crippen molar-refractivity contribution in [2.75, 3.05) is 6.54 Å². The van der Waals surface area contributed by atoms with E-state index in [9.17, 15) is 0 Å². The Morgan fingerprint density at radius 1 is 1.00 bits per heavy atom. The monoisotopic (exact) mass is 235 g/mol. The van der Waals surface area contributed by atoms with E-state index < -0.39 is 0 Å². The van der Waals surface area contributed by atoms with Gasteiger partial charge in [0.25, 0.3) is 0 Å². The van der Waals surface area contributed by atoms with Gasteiger partial charge in [-0.15, -0.1) is 0 Å². The third kappa shape index (κ3) is 3.84. The Balaban J connectivity index is 1.91. The van der Waals surface area contributed by atoms with Crippen molar-refractivity contribution >= 4 is 0 Å². The van der Waals surface area contributed by atoms with Gasteiger partial charge in [0.2, 0.25) is 0 Å². The van der Waals surface area contributed by atoms with Gasteiger partial charge in [0.15, 0.2) is 0 Å². The third-order valence-corrected chi connectivity index (χ3v) is 4.88. The summed E-state index contributed by atoms with van der Waals surface area (Å²) in [6, 6.07) is 0. The highest BCUT2D eigenvalue weighted by molar-refractivity contribution is 5.11. The molecule has 0 spiro atoms. The predicted molar refractivity (Wildman–Crippen MR) is 74.8 cm³/mol. The van der Waals surface area contributed by atoms with E-state index in [0.29, 0.717) is 0 Å². The van der Waals surface area contributed by atoms with Crippen molar-refractivity contribution in [1.29, 1.82) is 0 Å². The summed E-state index contributed by atoms with van der Waals surface area (Å²) in [5, 5.41) is 0. The zero-order valence-electron chi connectivity index (χ0n) is 11.5. The summed E-state index contributed by atoms with van der Waals surface area (Å²) in [4.78, 5) is 0. The number of nitrogens with two attached hydrogens (primary N) is 1. The van der Waals surface area contributed by atoms with Gasteiger partial charge in [0, 0.05) is 6.54 Å². The van der Waals surface area contributed by atoms with Gasteiger partial charge in [-0.3, -0.25) is 0 Å². The molecule has 2 rings (SSSR count). The molecule has 0 heterocycles. The molecule has 2 fully saturated rings. The Morgan fingerprint density at radius 3 is 2.24 bits per heavy atom. The molecule has 0 aliphatic heterocycles. The van der Waals surface area contributed by atoms with Crippen LogP contribution in [0.2, 0.25) is 0 Å². The highest BCUT2D eigenvalue weighted by Crippen LogP contribution is 2.34. The van der Waals surface area contributed by atoms with Crippen LogP contribution in [0.15, 0.2) is 11.6 Å². The SMILES string of the molecule is CC1CCC(C=C(CN)C2CCCCC2)CC1. The van der Waals surface area contributed by atoms with Crippen LogP contribution in [0.5, 0.6) is 0 Å². The van der Waals surface area contributed by atoms with Crippen molar-refractivity contribution in [1.82, 2.24) is 0 Å². The van der Waals surface area contributed by atoms with Crippen LogP contribution in [-0.2, 0) is 0 Å². The van der Waals surface area contributed by atoms with E-state index in [2.05, 4.69) is 13.0 Å². The molecule has 2 saturated carbocycles. The lowest BCUT2D eigenvalue weighted by Crippen LogP contribution is -2.19. The van der Waals surface area contributed by atoms with Crippen LogP contribution in [0.3, 0.4) is 0 Å². The molecule has 98 valence electrons. The molecule has 17 heavy (non-hydrogen) atoms. The molecule has 0 amide bonds. The van der Waals surface area contributed by atoms with Gasteiger partial charge in [0.05, 0.1) is 0 Å². The summed E-state index contributed by atoms with van der Waals surface area (Å²) < 4.78 is 0. The topological polar surface area (TPSA) is 26.0 Å². The molecule has 2 aliphatic carbocycles. The van der Waals surface area contributed by atoms with Gasteiger partial charge in [-0.25, -0.2) is 0 Å². The highest BCUT2D eigenvalue weighted by Gasteiger charge is 2.20. The molecule has 0 saturated heterocycles. The Labute approximate surface area is 107 Å². The fraction of sp³-hybridized carbons (Fsp3) is 0.875. The van der Waals surface area contributed by atoms with Crippen LogP contribution in [0.25, 0.3) is 0 Å². The highest BCUT2D eigenvalue weighted by atomic mass is 14.5. The summed E-state index contributed by atoms with van der Waals surface area (Å²) in [5.41, 5.74) is 7.57. The summed E-state index contributed by atoms with van der Waals surface area (Å²) in [6.07, 6.45) is 15.3. The molecular weight excluding hydrogens is 206 g/mol. The van der Waals surface area contributed by atoms with Crippen molar-refractivity contribution in [3.05, 3.63) is 11.6 Å². The molecule has 0 radical (unpaired) electrons. The molecular formula is C16H29N. The first-order chi connectivity index (χ1) is 8.29. The van der Waals surface area contributed by atoms with Crippen molar-refractivity contribution < 1.29 is 0 Å². The molecule has 1 heteroatoms. The molecule has 0 aromatic carbocycles. The summed E-state index contributed by atoms with van der Waals surface area (Å²) in [6.45, 7) is 3.20. The van der Waals surface area contributed by atoms with E-state index in [1.54, 1.807) is 5.57 Å². The first kappa shape index (κ1) is 13.1. The summed E-state index contributed by atoms with van der Waals surface area (Å²) in [5.74, 6) is 2.62. The second-order valence-corrected chi connectivity index (χ2v) is 6.30. The number of hydrogen-bond acceptors (Lipinski definition) is 1. The number of rotatable bonds is 3. The molecule has 0 unspecified atom stereocenters. The average molecular weight is 235 g/mol. The zero-order valence-corrected chi connectivity index (χ0v) is 11.5. The van der Waals surface area contributed by atoms with Crippen LogP contribution in [0.1, 0.15) is 64.7 Å². The fourth-order valence-corrected chi connectivity index (χ4v) is 3.60. The molecule has 0 aromatic heterocycles. The van der Waals surface area contributed by atoms with Gasteiger partial charge < -0.3 is 5.73 Å². The maximum Gasteiger partial charge on any atom is 0.0139 e. The zero-order chi connectivity index (χ0) is 12.1. The predicted octanol–water partition coefficient (Wildman–Crippen LogP) is 4.28. The van der Waals surface area contributed by atoms with Crippen LogP contribution in [-0.4, -0.2) is 6.54 Å². The Kier molecular flexibility index (Phi) is 5.09. The van der Waals surface area contributed by atoms with Crippen molar-refractivity contribution in [2.24, 2.45) is 23.5 Å². The smallest absolute Gasteiger partial charge is 0.0139 e. The van der Waals surface area contributed by atoms with E-state index in [4.69, 9.17) is 5.73 Å². The van der Waals surface area contributed by atoms with E-state index in [1.165, 1.54) is 57.8 Å². The van der Waals surface area contributed by atoms with Crippen LogP contribution in [0.4, 0.5) is 0 Å².